The van der Waals surface area contributed by atoms with Crippen molar-refractivity contribution in [2.75, 3.05) is 5.75 Å². The first-order chi connectivity index (χ1) is 10.5. The number of carbonyl (C=O) groups excluding carboxylic acids is 1. The number of pyridine rings is 1. The van der Waals surface area contributed by atoms with Crippen LogP contribution in [0.15, 0.2) is 11.1 Å². The summed E-state index contributed by atoms with van der Waals surface area (Å²) in [5, 5.41) is 13.0. The van der Waals surface area contributed by atoms with Gasteiger partial charge in [-0.25, -0.2) is 4.98 Å². The SMILES string of the molecule is Cc1cc(C)c(C#N)c(SCC(=O)NC2CCC(C)CC2)n1. The van der Waals surface area contributed by atoms with Crippen LogP contribution in [-0.2, 0) is 4.79 Å². The molecule has 0 bridgehead atoms. The molecular formula is C17H23N3OS. The Morgan fingerprint density at radius 3 is 2.73 bits per heavy atom. The van der Waals surface area contributed by atoms with E-state index in [1.165, 1.54) is 24.6 Å². The molecule has 1 aliphatic rings. The summed E-state index contributed by atoms with van der Waals surface area (Å²) in [5.74, 6) is 1.13. The number of nitrogens with one attached hydrogen (secondary N) is 1. The number of rotatable bonds is 4. The van der Waals surface area contributed by atoms with E-state index < -0.39 is 0 Å². The van der Waals surface area contributed by atoms with Crippen molar-refractivity contribution in [3.8, 4) is 6.07 Å². The Bertz CT molecular complexity index is 586. The lowest BCUT2D eigenvalue weighted by Crippen LogP contribution is -2.38. The van der Waals surface area contributed by atoms with E-state index in [-0.39, 0.29) is 5.91 Å². The number of nitrogens with zero attached hydrogens (tertiary/aromatic N) is 2. The van der Waals surface area contributed by atoms with Crippen LogP contribution in [-0.4, -0.2) is 22.7 Å². The van der Waals surface area contributed by atoms with Gasteiger partial charge in [-0.05, 0) is 57.1 Å². The van der Waals surface area contributed by atoms with Crippen LogP contribution in [0.4, 0.5) is 0 Å². The molecule has 5 heteroatoms. The van der Waals surface area contributed by atoms with Crippen molar-refractivity contribution >= 4 is 17.7 Å². The zero-order valence-electron chi connectivity index (χ0n) is 13.5. The third kappa shape index (κ3) is 4.48. The maximum atomic E-state index is 12.1. The van der Waals surface area contributed by atoms with Gasteiger partial charge in [0.1, 0.15) is 11.1 Å². The van der Waals surface area contributed by atoms with Crippen LogP contribution in [0.3, 0.4) is 0 Å². The van der Waals surface area contributed by atoms with Crippen LogP contribution in [0, 0.1) is 31.1 Å². The number of aromatic nitrogens is 1. The molecule has 1 amide bonds. The number of aryl methyl sites for hydroxylation is 2. The van der Waals surface area contributed by atoms with Gasteiger partial charge in [0, 0.05) is 11.7 Å². The molecule has 0 atom stereocenters. The van der Waals surface area contributed by atoms with Gasteiger partial charge in [0.05, 0.1) is 11.3 Å². The second-order valence-corrected chi connectivity index (χ2v) is 7.15. The van der Waals surface area contributed by atoms with Crippen molar-refractivity contribution in [1.29, 1.82) is 5.26 Å². The number of amides is 1. The fourth-order valence-electron chi connectivity index (χ4n) is 2.85. The van der Waals surface area contributed by atoms with E-state index in [2.05, 4.69) is 23.3 Å². The highest BCUT2D eigenvalue weighted by atomic mass is 32.2. The Hall–Kier alpha value is -1.54. The number of hydrogen-bond acceptors (Lipinski definition) is 4. The summed E-state index contributed by atoms with van der Waals surface area (Å²) in [4.78, 5) is 16.5. The van der Waals surface area contributed by atoms with E-state index in [0.29, 0.717) is 22.4 Å². The molecule has 1 aromatic rings. The van der Waals surface area contributed by atoms with Crippen LogP contribution >= 0.6 is 11.8 Å². The van der Waals surface area contributed by atoms with Gasteiger partial charge in [-0.3, -0.25) is 4.79 Å². The first-order valence-corrected chi connectivity index (χ1v) is 8.78. The minimum absolute atomic E-state index is 0.0365. The van der Waals surface area contributed by atoms with Gasteiger partial charge in [-0.2, -0.15) is 5.26 Å². The van der Waals surface area contributed by atoms with Crippen molar-refractivity contribution in [1.82, 2.24) is 10.3 Å². The molecule has 1 aromatic heterocycles. The minimum Gasteiger partial charge on any atom is -0.353 e. The smallest absolute Gasteiger partial charge is 0.230 e. The highest BCUT2D eigenvalue weighted by Gasteiger charge is 2.20. The molecule has 2 rings (SSSR count). The standard InChI is InChI=1S/C17H23N3OS/c1-11-4-6-14(7-5-11)20-16(21)10-22-17-15(9-18)12(2)8-13(3)19-17/h8,11,14H,4-7,10H2,1-3H3,(H,20,21). The van der Waals surface area contributed by atoms with Crippen molar-refractivity contribution in [3.05, 3.63) is 22.9 Å². The normalized spacial score (nSPS) is 21.2. The lowest BCUT2D eigenvalue weighted by Gasteiger charge is -2.26. The van der Waals surface area contributed by atoms with E-state index in [1.807, 2.05) is 19.9 Å². The van der Waals surface area contributed by atoms with Crippen LogP contribution in [0.2, 0.25) is 0 Å². The monoisotopic (exact) mass is 317 g/mol. The number of carbonyl (C=O) groups is 1. The number of thioether (sulfide) groups is 1. The topological polar surface area (TPSA) is 65.8 Å². The van der Waals surface area contributed by atoms with E-state index in [0.717, 1.165) is 30.0 Å². The lowest BCUT2D eigenvalue weighted by molar-refractivity contribution is -0.119. The molecule has 0 aliphatic heterocycles. The average molecular weight is 317 g/mol. The lowest BCUT2D eigenvalue weighted by atomic mass is 9.87. The predicted molar refractivity (Wildman–Crippen MR) is 88.7 cm³/mol. The Balaban J connectivity index is 1.90. The first kappa shape index (κ1) is 16.8. The molecule has 118 valence electrons. The number of nitriles is 1. The highest BCUT2D eigenvalue weighted by molar-refractivity contribution is 8.00. The Morgan fingerprint density at radius 2 is 2.09 bits per heavy atom. The molecule has 1 heterocycles. The summed E-state index contributed by atoms with van der Waals surface area (Å²) >= 11 is 1.35. The largest absolute Gasteiger partial charge is 0.353 e. The van der Waals surface area contributed by atoms with E-state index in [9.17, 15) is 10.1 Å². The van der Waals surface area contributed by atoms with Gasteiger partial charge < -0.3 is 5.32 Å². The molecule has 0 unspecified atom stereocenters. The van der Waals surface area contributed by atoms with Gasteiger partial charge in [0.2, 0.25) is 5.91 Å². The molecule has 0 spiro atoms. The second kappa shape index (κ2) is 7.64. The Labute approximate surface area is 136 Å². The average Bonchev–Trinajstić information content (AvgIpc) is 2.47. The van der Waals surface area contributed by atoms with Crippen molar-refractivity contribution < 1.29 is 4.79 Å². The molecule has 0 aromatic carbocycles. The van der Waals surface area contributed by atoms with Crippen molar-refractivity contribution in [2.24, 2.45) is 5.92 Å². The molecule has 1 aliphatic carbocycles. The molecule has 1 N–H and O–H groups in total. The summed E-state index contributed by atoms with van der Waals surface area (Å²) in [6, 6.07) is 4.39. The number of hydrogen-bond donors (Lipinski definition) is 1. The molecule has 22 heavy (non-hydrogen) atoms. The molecule has 1 saturated carbocycles. The molecule has 1 fully saturated rings. The predicted octanol–water partition coefficient (Wildman–Crippen LogP) is 3.36. The van der Waals surface area contributed by atoms with Crippen LogP contribution in [0.1, 0.15) is 49.4 Å². The van der Waals surface area contributed by atoms with E-state index in [4.69, 9.17) is 0 Å². The maximum Gasteiger partial charge on any atom is 0.230 e. The zero-order chi connectivity index (χ0) is 16.1. The van der Waals surface area contributed by atoms with Gasteiger partial charge >= 0.3 is 0 Å². The molecule has 0 radical (unpaired) electrons. The summed E-state index contributed by atoms with van der Waals surface area (Å²) in [6.45, 7) is 6.07. The fourth-order valence-corrected chi connectivity index (χ4v) is 3.76. The third-order valence-corrected chi connectivity index (χ3v) is 5.12. The van der Waals surface area contributed by atoms with Gasteiger partial charge in [0.25, 0.3) is 0 Å². The summed E-state index contributed by atoms with van der Waals surface area (Å²) in [7, 11) is 0. The minimum atomic E-state index is 0.0365. The Morgan fingerprint density at radius 1 is 1.41 bits per heavy atom. The highest BCUT2D eigenvalue weighted by Crippen LogP contribution is 2.25. The quantitative estimate of drug-likeness (QED) is 0.865. The van der Waals surface area contributed by atoms with Crippen molar-refractivity contribution in [2.45, 2.75) is 57.5 Å². The van der Waals surface area contributed by atoms with E-state index >= 15 is 0 Å². The van der Waals surface area contributed by atoms with Gasteiger partial charge in [-0.15, -0.1) is 0 Å². The molecule has 4 nitrogen and oxygen atoms in total. The maximum absolute atomic E-state index is 12.1. The van der Waals surface area contributed by atoms with Gasteiger partial charge in [0.15, 0.2) is 0 Å². The first-order valence-electron chi connectivity index (χ1n) is 7.80. The second-order valence-electron chi connectivity index (χ2n) is 6.19. The van der Waals surface area contributed by atoms with Crippen LogP contribution < -0.4 is 5.32 Å². The van der Waals surface area contributed by atoms with E-state index in [1.54, 1.807) is 0 Å². The summed E-state index contributed by atoms with van der Waals surface area (Å²) in [6.07, 6.45) is 4.52. The van der Waals surface area contributed by atoms with Crippen LogP contribution in [0.5, 0.6) is 0 Å². The molecule has 0 saturated heterocycles. The summed E-state index contributed by atoms with van der Waals surface area (Å²) in [5.41, 5.74) is 2.37. The third-order valence-electron chi connectivity index (χ3n) is 4.14. The fraction of sp³-hybridized carbons (Fsp3) is 0.588. The van der Waals surface area contributed by atoms with Crippen LogP contribution in [0.25, 0.3) is 0 Å². The summed E-state index contributed by atoms with van der Waals surface area (Å²) < 4.78 is 0. The van der Waals surface area contributed by atoms with Crippen molar-refractivity contribution in [3.63, 3.8) is 0 Å². The zero-order valence-corrected chi connectivity index (χ0v) is 14.3. The Kier molecular flexibility index (Phi) is 5.84. The molecular weight excluding hydrogens is 294 g/mol. The van der Waals surface area contributed by atoms with Gasteiger partial charge in [-0.1, -0.05) is 18.7 Å².